The van der Waals surface area contributed by atoms with Crippen molar-refractivity contribution >= 4 is 37.3 Å². The number of benzene rings is 3. The maximum atomic E-state index is 12.7. The fourth-order valence-electron chi connectivity index (χ4n) is 3.57. The summed E-state index contributed by atoms with van der Waals surface area (Å²) in [5, 5.41) is 2.73. The van der Waals surface area contributed by atoms with E-state index in [1.54, 1.807) is 31.2 Å². The number of anilines is 2. The third-order valence-corrected chi connectivity index (χ3v) is 8.80. The predicted octanol–water partition coefficient (Wildman–Crippen LogP) is 3.07. The fraction of sp³-hybridized carbons (Fsp3) is 0.208. The first-order valence-electron chi connectivity index (χ1n) is 10.8. The van der Waals surface area contributed by atoms with E-state index >= 15 is 0 Å². The maximum Gasteiger partial charge on any atom is 0.261 e. The van der Waals surface area contributed by atoms with Crippen molar-refractivity contribution in [2.75, 3.05) is 36.3 Å². The van der Waals surface area contributed by atoms with Crippen LogP contribution in [0.15, 0.2) is 82.6 Å². The molecule has 3 aromatic carbocycles. The minimum absolute atomic E-state index is 0.139. The molecule has 0 radical (unpaired) electrons. The molecule has 2 N–H and O–H groups in total. The third kappa shape index (κ3) is 5.70. The second-order valence-corrected chi connectivity index (χ2v) is 11.6. The van der Waals surface area contributed by atoms with Crippen LogP contribution in [0.1, 0.15) is 15.9 Å². The molecular formula is C24H25N3O6S2. The van der Waals surface area contributed by atoms with Crippen molar-refractivity contribution in [2.45, 2.75) is 16.7 Å². The minimum atomic E-state index is -3.75. The van der Waals surface area contributed by atoms with E-state index in [-0.39, 0.29) is 9.79 Å². The number of ether oxygens (including phenoxy) is 1. The van der Waals surface area contributed by atoms with Crippen molar-refractivity contribution in [3.05, 3.63) is 83.9 Å². The Balaban J connectivity index is 1.44. The number of amides is 1. The highest BCUT2D eigenvalue weighted by atomic mass is 32.2. The molecular weight excluding hydrogens is 490 g/mol. The van der Waals surface area contributed by atoms with E-state index in [4.69, 9.17) is 4.74 Å². The number of morpholine rings is 1. The van der Waals surface area contributed by atoms with Gasteiger partial charge in [0.05, 0.1) is 28.7 Å². The van der Waals surface area contributed by atoms with Crippen molar-refractivity contribution in [2.24, 2.45) is 0 Å². The quantitative estimate of drug-likeness (QED) is 0.499. The Bertz CT molecular complexity index is 1420. The first-order valence-corrected chi connectivity index (χ1v) is 13.8. The molecule has 0 aromatic heterocycles. The van der Waals surface area contributed by atoms with Crippen LogP contribution in [0.25, 0.3) is 0 Å². The third-order valence-electron chi connectivity index (χ3n) is 5.51. The lowest BCUT2D eigenvalue weighted by molar-refractivity contribution is 0.0730. The number of carbonyl (C=O) groups excluding carboxylic acids is 1. The normalized spacial score (nSPS) is 14.9. The summed E-state index contributed by atoms with van der Waals surface area (Å²) in [5.41, 5.74) is 1.70. The van der Waals surface area contributed by atoms with Gasteiger partial charge in [-0.15, -0.1) is 0 Å². The van der Waals surface area contributed by atoms with Crippen LogP contribution in [0.4, 0.5) is 11.4 Å². The lowest BCUT2D eigenvalue weighted by Crippen LogP contribution is -2.40. The second-order valence-electron chi connectivity index (χ2n) is 7.94. The molecule has 4 rings (SSSR count). The molecule has 0 bridgehead atoms. The van der Waals surface area contributed by atoms with Crippen LogP contribution < -0.4 is 10.0 Å². The Morgan fingerprint density at radius 1 is 0.857 bits per heavy atom. The van der Waals surface area contributed by atoms with Crippen molar-refractivity contribution in [1.29, 1.82) is 0 Å². The lowest BCUT2D eigenvalue weighted by Gasteiger charge is -2.26. The number of hydrogen-bond acceptors (Lipinski definition) is 6. The molecule has 1 heterocycles. The molecule has 1 aliphatic rings. The number of hydrogen-bond donors (Lipinski definition) is 2. The largest absolute Gasteiger partial charge is 0.379 e. The summed E-state index contributed by atoms with van der Waals surface area (Å²) >= 11 is 0. The average molecular weight is 516 g/mol. The Kier molecular flexibility index (Phi) is 7.22. The van der Waals surface area contributed by atoms with Crippen LogP contribution in [0, 0.1) is 6.92 Å². The smallest absolute Gasteiger partial charge is 0.261 e. The molecule has 0 atom stereocenters. The van der Waals surface area contributed by atoms with Gasteiger partial charge >= 0.3 is 0 Å². The number of nitrogens with zero attached hydrogens (tertiary/aromatic N) is 1. The molecule has 0 aliphatic carbocycles. The van der Waals surface area contributed by atoms with Gasteiger partial charge in [0, 0.05) is 24.3 Å². The highest BCUT2D eigenvalue weighted by molar-refractivity contribution is 7.92. The van der Waals surface area contributed by atoms with Gasteiger partial charge in [-0.05, 0) is 67.1 Å². The summed E-state index contributed by atoms with van der Waals surface area (Å²) in [6.07, 6.45) is 0. The van der Waals surface area contributed by atoms with E-state index in [1.807, 2.05) is 0 Å². The summed E-state index contributed by atoms with van der Waals surface area (Å²) in [7, 11) is -7.37. The van der Waals surface area contributed by atoms with Crippen LogP contribution in [-0.4, -0.2) is 53.4 Å². The Morgan fingerprint density at radius 2 is 1.51 bits per heavy atom. The van der Waals surface area contributed by atoms with E-state index in [0.717, 1.165) is 0 Å². The lowest BCUT2D eigenvalue weighted by atomic mass is 10.1. The average Bonchev–Trinajstić information content (AvgIpc) is 2.86. The van der Waals surface area contributed by atoms with Crippen LogP contribution in [0.2, 0.25) is 0 Å². The molecule has 1 amide bonds. The molecule has 1 fully saturated rings. The van der Waals surface area contributed by atoms with Gasteiger partial charge in [0.2, 0.25) is 10.0 Å². The van der Waals surface area contributed by atoms with E-state index in [2.05, 4.69) is 10.0 Å². The first kappa shape index (κ1) is 24.9. The molecule has 35 heavy (non-hydrogen) atoms. The van der Waals surface area contributed by atoms with E-state index in [0.29, 0.717) is 48.8 Å². The molecule has 11 heteroatoms. The van der Waals surface area contributed by atoms with Crippen LogP contribution in [0.5, 0.6) is 0 Å². The molecule has 1 aliphatic heterocycles. The first-order chi connectivity index (χ1) is 16.7. The van der Waals surface area contributed by atoms with Gasteiger partial charge in [0.25, 0.3) is 15.9 Å². The highest BCUT2D eigenvalue weighted by Crippen LogP contribution is 2.23. The molecule has 1 saturated heterocycles. The van der Waals surface area contributed by atoms with Crippen LogP contribution in [-0.2, 0) is 24.8 Å². The van der Waals surface area contributed by atoms with Crippen molar-refractivity contribution in [1.82, 2.24) is 4.31 Å². The molecule has 3 aromatic rings. The molecule has 0 spiro atoms. The minimum Gasteiger partial charge on any atom is -0.379 e. The molecule has 0 saturated carbocycles. The number of sulfonamides is 2. The van der Waals surface area contributed by atoms with Gasteiger partial charge in [0.15, 0.2) is 0 Å². The summed E-state index contributed by atoms with van der Waals surface area (Å²) in [6.45, 7) is 3.03. The predicted molar refractivity (Wildman–Crippen MR) is 132 cm³/mol. The summed E-state index contributed by atoms with van der Waals surface area (Å²) in [5.74, 6) is -0.408. The number of rotatable bonds is 7. The van der Waals surface area contributed by atoms with Gasteiger partial charge in [0.1, 0.15) is 0 Å². The van der Waals surface area contributed by atoms with Gasteiger partial charge in [-0.1, -0.05) is 18.2 Å². The fourth-order valence-corrected chi connectivity index (χ4v) is 6.13. The zero-order valence-corrected chi connectivity index (χ0v) is 20.6. The van der Waals surface area contributed by atoms with E-state index in [1.165, 1.54) is 52.8 Å². The van der Waals surface area contributed by atoms with E-state index in [9.17, 15) is 21.6 Å². The van der Waals surface area contributed by atoms with Gasteiger partial charge in [-0.2, -0.15) is 4.31 Å². The summed E-state index contributed by atoms with van der Waals surface area (Å²) in [6, 6.07) is 18.6. The SMILES string of the molecule is Cc1cc(C(=O)Nc2ccc(S(=O)(=O)N3CCOCC3)cc2)ccc1NS(=O)(=O)c1ccccc1. The van der Waals surface area contributed by atoms with Crippen LogP contribution in [0.3, 0.4) is 0 Å². The topological polar surface area (TPSA) is 122 Å². The van der Waals surface area contributed by atoms with E-state index < -0.39 is 26.0 Å². The second kappa shape index (κ2) is 10.2. The van der Waals surface area contributed by atoms with Crippen molar-refractivity contribution in [3.63, 3.8) is 0 Å². The van der Waals surface area contributed by atoms with Gasteiger partial charge in [-0.3, -0.25) is 9.52 Å². The molecule has 184 valence electrons. The zero-order chi connectivity index (χ0) is 25.1. The van der Waals surface area contributed by atoms with Gasteiger partial charge in [-0.25, -0.2) is 16.8 Å². The monoisotopic (exact) mass is 515 g/mol. The Hall–Kier alpha value is -3.25. The maximum absolute atomic E-state index is 12.7. The zero-order valence-electron chi connectivity index (χ0n) is 19.0. The molecule has 0 unspecified atom stereocenters. The number of nitrogens with one attached hydrogen (secondary N) is 2. The molecule has 9 nitrogen and oxygen atoms in total. The number of aryl methyl sites for hydroxylation is 1. The Morgan fingerprint density at radius 3 is 2.14 bits per heavy atom. The number of carbonyl (C=O) groups is 1. The summed E-state index contributed by atoms with van der Waals surface area (Å²) in [4.78, 5) is 13.0. The van der Waals surface area contributed by atoms with Gasteiger partial charge < -0.3 is 10.1 Å². The summed E-state index contributed by atoms with van der Waals surface area (Å²) < 4.78 is 59.7. The van der Waals surface area contributed by atoms with Crippen molar-refractivity contribution in [3.8, 4) is 0 Å². The highest BCUT2D eigenvalue weighted by Gasteiger charge is 2.26. The van der Waals surface area contributed by atoms with Crippen molar-refractivity contribution < 1.29 is 26.4 Å². The standard InChI is InChI=1S/C24H25N3O6S2/c1-18-17-19(7-12-23(18)26-34(29,30)21-5-3-2-4-6-21)24(28)25-20-8-10-22(11-9-20)35(31,32)27-13-15-33-16-14-27/h2-12,17,26H,13-16H2,1H3,(H,25,28). The van der Waals surface area contributed by atoms with Crippen LogP contribution >= 0.6 is 0 Å². The Labute approximate surface area is 204 Å².